The Bertz CT molecular complexity index is 317. The van der Waals surface area contributed by atoms with Crippen LogP contribution in [0.3, 0.4) is 0 Å². The quantitative estimate of drug-likeness (QED) is 0.561. The van der Waals surface area contributed by atoms with Gasteiger partial charge in [0.05, 0.1) is 0 Å². The van der Waals surface area contributed by atoms with Crippen molar-refractivity contribution in [3.05, 3.63) is 29.1 Å². The molecule has 0 aromatic carbocycles. The van der Waals surface area contributed by atoms with Crippen LogP contribution in [0, 0.1) is 0 Å². The van der Waals surface area contributed by atoms with Crippen LogP contribution in [0.1, 0.15) is 28.0 Å². The Morgan fingerprint density at radius 3 is 2.77 bits per heavy atom. The number of nitrogens with zero attached hydrogens (tertiary/aromatic N) is 1. The van der Waals surface area contributed by atoms with E-state index in [9.17, 15) is 13.6 Å². The van der Waals surface area contributed by atoms with E-state index >= 15 is 0 Å². The predicted molar refractivity (Wildman–Crippen MR) is 44.1 cm³/mol. The molecule has 0 unspecified atom stereocenters. The third kappa shape index (κ3) is 2.21. The standard InChI is InChI=1S/C8H6ClF2NO/c9-2-5-1-6(8(10)11)3-12-7(5)4-13/h1,3-4,8H,2H2. The highest BCUT2D eigenvalue weighted by Crippen LogP contribution is 2.20. The second-order valence-corrected chi connectivity index (χ2v) is 2.63. The molecule has 5 heteroatoms. The van der Waals surface area contributed by atoms with E-state index in [0.717, 1.165) is 6.20 Å². The summed E-state index contributed by atoms with van der Waals surface area (Å²) < 4.78 is 24.3. The van der Waals surface area contributed by atoms with E-state index in [4.69, 9.17) is 11.6 Å². The van der Waals surface area contributed by atoms with Gasteiger partial charge in [-0.25, -0.2) is 8.78 Å². The van der Waals surface area contributed by atoms with Gasteiger partial charge in [0.1, 0.15) is 5.69 Å². The summed E-state index contributed by atoms with van der Waals surface area (Å²) >= 11 is 5.44. The summed E-state index contributed by atoms with van der Waals surface area (Å²) in [6.45, 7) is 0. The second-order valence-electron chi connectivity index (χ2n) is 2.37. The first-order valence-corrected chi connectivity index (χ1v) is 4.00. The molecule has 70 valence electrons. The summed E-state index contributed by atoms with van der Waals surface area (Å²) in [6.07, 6.45) is -1.12. The Balaban J connectivity index is 3.12. The van der Waals surface area contributed by atoms with Gasteiger partial charge in [-0.05, 0) is 11.6 Å². The van der Waals surface area contributed by atoms with Crippen LogP contribution >= 0.6 is 11.6 Å². The van der Waals surface area contributed by atoms with Crippen LogP contribution in [0.15, 0.2) is 12.3 Å². The summed E-state index contributed by atoms with van der Waals surface area (Å²) in [4.78, 5) is 13.9. The molecule has 0 aliphatic heterocycles. The number of carbonyl (C=O) groups is 1. The summed E-state index contributed by atoms with van der Waals surface area (Å²) in [5, 5.41) is 0. The molecular weight excluding hydrogens is 200 g/mol. The lowest BCUT2D eigenvalue weighted by Crippen LogP contribution is -1.97. The van der Waals surface area contributed by atoms with Crippen molar-refractivity contribution >= 4 is 17.9 Å². The molecule has 0 aliphatic carbocycles. The van der Waals surface area contributed by atoms with Crippen LogP contribution in [0.25, 0.3) is 0 Å². The Hall–Kier alpha value is -1.03. The minimum Gasteiger partial charge on any atom is -0.296 e. The zero-order valence-electron chi connectivity index (χ0n) is 6.51. The lowest BCUT2D eigenvalue weighted by atomic mass is 10.1. The lowest BCUT2D eigenvalue weighted by molar-refractivity contribution is 0.111. The molecule has 1 heterocycles. The number of carbonyl (C=O) groups excluding carboxylic acids is 1. The van der Waals surface area contributed by atoms with Gasteiger partial charge < -0.3 is 0 Å². The first-order chi connectivity index (χ1) is 6.19. The molecule has 0 saturated carbocycles. The fourth-order valence-corrected chi connectivity index (χ4v) is 1.09. The SMILES string of the molecule is O=Cc1ncc(C(F)F)cc1CCl. The van der Waals surface area contributed by atoms with Crippen molar-refractivity contribution in [2.45, 2.75) is 12.3 Å². The molecule has 0 radical (unpaired) electrons. The van der Waals surface area contributed by atoms with Crippen LogP contribution in [-0.2, 0) is 5.88 Å². The van der Waals surface area contributed by atoms with Gasteiger partial charge >= 0.3 is 0 Å². The van der Waals surface area contributed by atoms with Crippen LogP contribution in [0.2, 0.25) is 0 Å². The highest BCUT2D eigenvalue weighted by atomic mass is 35.5. The normalized spacial score (nSPS) is 10.5. The van der Waals surface area contributed by atoms with Gasteiger partial charge in [0, 0.05) is 17.6 Å². The fourth-order valence-electron chi connectivity index (χ4n) is 0.872. The molecular formula is C8H6ClF2NO. The van der Waals surface area contributed by atoms with Crippen molar-refractivity contribution in [1.29, 1.82) is 0 Å². The van der Waals surface area contributed by atoms with Crippen molar-refractivity contribution in [3.63, 3.8) is 0 Å². The predicted octanol–water partition coefficient (Wildman–Crippen LogP) is 2.57. The number of hydrogen-bond acceptors (Lipinski definition) is 2. The van der Waals surface area contributed by atoms with E-state index in [1.807, 2.05) is 0 Å². The van der Waals surface area contributed by atoms with Crippen LogP contribution in [-0.4, -0.2) is 11.3 Å². The number of halogens is 3. The fraction of sp³-hybridized carbons (Fsp3) is 0.250. The molecule has 1 aromatic heterocycles. The number of hydrogen-bond donors (Lipinski definition) is 0. The molecule has 0 atom stereocenters. The minimum atomic E-state index is -2.59. The molecule has 0 N–H and O–H groups in total. The number of aromatic nitrogens is 1. The molecule has 0 fully saturated rings. The summed E-state index contributed by atoms with van der Waals surface area (Å²) in [5.41, 5.74) is 0.218. The monoisotopic (exact) mass is 205 g/mol. The zero-order chi connectivity index (χ0) is 9.84. The molecule has 0 amide bonds. The summed E-state index contributed by atoms with van der Waals surface area (Å²) in [7, 11) is 0. The highest BCUT2D eigenvalue weighted by molar-refractivity contribution is 6.17. The number of rotatable bonds is 3. The highest BCUT2D eigenvalue weighted by Gasteiger charge is 2.10. The van der Waals surface area contributed by atoms with Crippen LogP contribution < -0.4 is 0 Å². The van der Waals surface area contributed by atoms with E-state index < -0.39 is 6.43 Å². The third-order valence-corrected chi connectivity index (χ3v) is 1.82. The Morgan fingerprint density at radius 2 is 2.31 bits per heavy atom. The molecule has 0 bridgehead atoms. The van der Waals surface area contributed by atoms with Gasteiger partial charge in [0.25, 0.3) is 6.43 Å². The average molecular weight is 206 g/mol. The maximum atomic E-state index is 12.1. The molecule has 1 rings (SSSR count). The topological polar surface area (TPSA) is 30.0 Å². The van der Waals surface area contributed by atoms with Crippen LogP contribution in [0.5, 0.6) is 0 Å². The van der Waals surface area contributed by atoms with Gasteiger partial charge in [0.15, 0.2) is 6.29 Å². The van der Waals surface area contributed by atoms with Crippen molar-refractivity contribution in [1.82, 2.24) is 4.98 Å². The molecule has 2 nitrogen and oxygen atoms in total. The smallest absolute Gasteiger partial charge is 0.265 e. The van der Waals surface area contributed by atoms with E-state index in [0.29, 0.717) is 11.8 Å². The molecule has 1 aromatic rings. The van der Waals surface area contributed by atoms with E-state index in [1.165, 1.54) is 6.07 Å². The minimum absolute atomic E-state index is 0.00162. The van der Waals surface area contributed by atoms with E-state index in [1.54, 1.807) is 0 Å². The Kier molecular flexibility index (Phi) is 3.31. The van der Waals surface area contributed by atoms with Gasteiger partial charge in [0.2, 0.25) is 0 Å². The van der Waals surface area contributed by atoms with Gasteiger partial charge in [-0.1, -0.05) is 0 Å². The summed E-state index contributed by atoms with van der Waals surface area (Å²) in [6, 6.07) is 1.19. The third-order valence-electron chi connectivity index (χ3n) is 1.53. The first kappa shape index (κ1) is 10.1. The average Bonchev–Trinajstić information content (AvgIpc) is 2.16. The number of aldehydes is 1. The van der Waals surface area contributed by atoms with Crippen molar-refractivity contribution in [2.24, 2.45) is 0 Å². The van der Waals surface area contributed by atoms with Gasteiger partial charge in [-0.3, -0.25) is 9.78 Å². The van der Waals surface area contributed by atoms with Gasteiger partial charge in [-0.2, -0.15) is 0 Å². The lowest BCUT2D eigenvalue weighted by Gasteiger charge is -2.03. The maximum Gasteiger partial charge on any atom is 0.265 e. The Morgan fingerprint density at radius 1 is 1.62 bits per heavy atom. The molecule has 13 heavy (non-hydrogen) atoms. The second kappa shape index (κ2) is 4.28. The maximum absolute atomic E-state index is 12.1. The van der Waals surface area contributed by atoms with E-state index in [2.05, 4.69) is 4.98 Å². The number of pyridine rings is 1. The van der Waals surface area contributed by atoms with Crippen molar-refractivity contribution in [3.8, 4) is 0 Å². The molecule has 0 saturated heterocycles. The molecule has 0 aliphatic rings. The largest absolute Gasteiger partial charge is 0.296 e. The Labute approximate surface area is 78.5 Å². The van der Waals surface area contributed by atoms with Gasteiger partial charge in [-0.15, -0.1) is 11.6 Å². The summed E-state index contributed by atoms with van der Waals surface area (Å²) in [5.74, 6) is 0.00162. The number of alkyl halides is 3. The van der Waals surface area contributed by atoms with Crippen molar-refractivity contribution in [2.75, 3.05) is 0 Å². The molecule has 0 spiro atoms. The first-order valence-electron chi connectivity index (χ1n) is 3.47. The van der Waals surface area contributed by atoms with E-state index in [-0.39, 0.29) is 17.1 Å². The zero-order valence-corrected chi connectivity index (χ0v) is 7.26. The van der Waals surface area contributed by atoms with Crippen LogP contribution in [0.4, 0.5) is 8.78 Å². The van der Waals surface area contributed by atoms with Crippen molar-refractivity contribution < 1.29 is 13.6 Å².